The van der Waals surface area contributed by atoms with Crippen molar-refractivity contribution in [3.63, 3.8) is 0 Å². The van der Waals surface area contributed by atoms with Crippen molar-refractivity contribution in [3.05, 3.63) is 59.9 Å². The van der Waals surface area contributed by atoms with Gasteiger partial charge in [-0.2, -0.15) is 0 Å². The van der Waals surface area contributed by atoms with Crippen LogP contribution in [0.25, 0.3) is 0 Å². The largest absolute Gasteiger partial charge is 0.482 e. The molecule has 1 amide bonds. The lowest BCUT2D eigenvalue weighted by Crippen LogP contribution is -2.30. The number of benzene rings is 1. The fraction of sp³-hybridized carbons (Fsp3) is 0.350. The molecule has 142 valence electrons. The predicted octanol–water partition coefficient (Wildman–Crippen LogP) is 2.84. The number of ether oxygens (including phenoxy) is 2. The summed E-state index contributed by atoms with van der Waals surface area (Å²) in [6.07, 6.45) is 2.45. The van der Waals surface area contributed by atoms with Crippen molar-refractivity contribution in [2.75, 3.05) is 25.5 Å². The summed E-state index contributed by atoms with van der Waals surface area (Å²) in [6, 6.07) is 13.3. The number of carbonyl (C=O) groups excluding carboxylic acids is 2. The van der Waals surface area contributed by atoms with Crippen LogP contribution < -0.4 is 4.74 Å². The molecular weight excluding hydrogens is 364 g/mol. The molecule has 7 heteroatoms. The van der Waals surface area contributed by atoms with Crippen LogP contribution in [-0.4, -0.2) is 47.3 Å². The first-order valence-electron chi connectivity index (χ1n) is 8.87. The highest BCUT2D eigenvalue weighted by Crippen LogP contribution is 2.42. The van der Waals surface area contributed by atoms with Gasteiger partial charge < -0.3 is 14.4 Å². The molecule has 3 rings (SSSR count). The monoisotopic (exact) mass is 386 g/mol. The first-order valence-corrected chi connectivity index (χ1v) is 9.92. The van der Waals surface area contributed by atoms with E-state index in [1.165, 1.54) is 0 Å². The fourth-order valence-electron chi connectivity index (χ4n) is 2.89. The molecule has 1 aliphatic heterocycles. The summed E-state index contributed by atoms with van der Waals surface area (Å²) in [7, 11) is 0. The second kappa shape index (κ2) is 9.41. The van der Waals surface area contributed by atoms with E-state index in [9.17, 15) is 9.59 Å². The highest BCUT2D eigenvalue weighted by atomic mass is 32.2. The molecule has 0 bridgehead atoms. The maximum Gasteiger partial charge on any atom is 0.344 e. The number of esters is 1. The zero-order valence-electron chi connectivity index (χ0n) is 15.2. The van der Waals surface area contributed by atoms with Crippen LogP contribution in [0.2, 0.25) is 0 Å². The molecular formula is C20H22N2O4S. The van der Waals surface area contributed by atoms with Crippen molar-refractivity contribution in [2.24, 2.45) is 0 Å². The second-order valence-corrected chi connectivity index (χ2v) is 7.02. The van der Waals surface area contributed by atoms with Gasteiger partial charge in [0.2, 0.25) is 5.91 Å². The Kier molecular flexibility index (Phi) is 6.70. The number of hydrogen-bond donors (Lipinski definition) is 0. The summed E-state index contributed by atoms with van der Waals surface area (Å²) in [5.74, 6) is 0.718. The number of amides is 1. The van der Waals surface area contributed by atoms with Gasteiger partial charge in [-0.05, 0) is 25.1 Å². The van der Waals surface area contributed by atoms with Crippen LogP contribution in [0.1, 0.15) is 23.6 Å². The molecule has 0 saturated carbocycles. The van der Waals surface area contributed by atoms with Crippen LogP contribution in [0.5, 0.6) is 5.75 Å². The summed E-state index contributed by atoms with van der Waals surface area (Å²) < 4.78 is 10.6. The third-order valence-corrected chi connectivity index (χ3v) is 5.38. The minimum Gasteiger partial charge on any atom is -0.482 e. The molecule has 1 atom stereocenters. The van der Waals surface area contributed by atoms with E-state index in [4.69, 9.17) is 9.47 Å². The van der Waals surface area contributed by atoms with E-state index in [1.54, 1.807) is 24.9 Å². The molecule has 1 unspecified atom stereocenters. The lowest BCUT2D eigenvalue weighted by atomic mass is 10.1. The Balaban J connectivity index is 1.72. The van der Waals surface area contributed by atoms with Crippen LogP contribution in [0.4, 0.5) is 0 Å². The van der Waals surface area contributed by atoms with Crippen molar-refractivity contribution >= 4 is 23.6 Å². The molecule has 1 aromatic heterocycles. The molecule has 1 aromatic carbocycles. The van der Waals surface area contributed by atoms with Gasteiger partial charge in [-0.25, -0.2) is 4.79 Å². The van der Waals surface area contributed by atoms with E-state index in [0.717, 1.165) is 11.3 Å². The van der Waals surface area contributed by atoms with E-state index in [0.29, 0.717) is 31.1 Å². The van der Waals surface area contributed by atoms with E-state index in [2.05, 4.69) is 4.98 Å². The molecule has 1 aliphatic rings. The number of pyridine rings is 1. The predicted molar refractivity (Wildman–Crippen MR) is 103 cm³/mol. The van der Waals surface area contributed by atoms with Crippen molar-refractivity contribution in [2.45, 2.75) is 18.7 Å². The normalized spacial score (nSPS) is 16.4. The molecule has 2 aromatic rings. The number of para-hydroxylation sites is 1. The quantitative estimate of drug-likeness (QED) is 0.650. The van der Waals surface area contributed by atoms with Crippen LogP contribution >= 0.6 is 11.8 Å². The molecule has 0 N–H and O–H groups in total. The second-order valence-electron chi connectivity index (χ2n) is 5.95. The SMILES string of the molecule is CCOC(=O)COc1ccccc1C1SCC(=O)N1CCc1ccccn1. The summed E-state index contributed by atoms with van der Waals surface area (Å²) in [4.78, 5) is 30.2. The standard InChI is InChI=1S/C20H22N2O4S/c1-2-25-19(24)13-26-17-9-4-3-8-16(17)20-22(18(23)14-27-20)12-10-15-7-5-6-11-21-15/h3-9,11,20H,2,10,12-14H2,1H3. The van der Waals surface area contributed by atoms with Gasteiger partial charge in [-0.1, -0.05) is 24.3 Å². The Morgan fingerprint density at radius 2 is 2.07 bits per heavy atom. The van der Waals surface area contributed by atoms with Gasteiger partial charge in [0.15, 0.2) is 6.61 Å². The van der Waals surface area contributed by atoms with Gasteiger partial charge in [0.1, 0.15) is 11.1 Å². The van der Waals surface area contributed by atoms with Crippen molar-refractivity contribution in [1.29, 1.82) is 0 Å². The van der Waals surface area contributed by atoms with E-state index in [1.807, 2.05) is 47.4 Å². The maximum atomic E-state index is 12.4. The van der Waals surface area contributed by atoms with E-state index in [-0.39, 0.29) is 17.9 Å². The Hall–Kier alpha value is -2.54. The molecule has 1 fully saturated rings. The lowest BCUT2D eigenvalue weighted by molar-refractivity contribution is -0.145. The summed E-state index contributed by atoms with van der Waals surface area (Å²) >= 11 is 1.57. The third kappa shape index (κ3) is 5.01. The Morgan fingerprint density at radius 3 is 2.85 bits per heavy atom. The van der Waals surface area contributed by atoms with Gasteiger partial charge >= 0.3 is 5.97 Å². The van der Waals surface area contributed by atoms with Gasteiger partial charge in [-0.3, -0.25) is 9.78 Å². The van der Waals surface area contributed by atoms with Crippen LogP contribution in [0, 0.1) is 0 Å². The zero-order chi connectivity index (χ0) is 19.1. The number of hydrogen-bond acceptors (Lipinski definition) is 6. The molecule has 27 heavy (non-hydrogen) atoms. The highest BCUT2D eigenvalue weighted by Gasteiger charge is 2.34. The van der Waals surface area contributed by atoms with Crippen LogP contribution in [-0.2, 0) is 20.7 Å². The van der Waals surface area contributed by atoms with Gasteiger partial charge in [0, 0.05) is 30.4 Å². The molecule has 0 radical (unpaired) electrons. The van der Waals surface area contributed by atoms with Crippen molar-refractivity contribution in [3.8, 4) is 5.75 Å². The minimum atomic E-state index is -0.408. The zero-order valence-corrected chi connectivity index (χ0v) is 16.0. The number of thioether (sulfide) groups is 1. The summed E-state index contributed by atoms with van der Waals surface area (Å²) in [5, 5.41) is -0.139. The maximum absolute atomic E-state index is 12.4. The summed E-state index contributed by atoms with van der Waals surface area (Å²) in [5.41, 5.74) is 1.84. The van der Waals surface area contributed by atoms with E-state index < -0.39 is 5.97 Å². The average Bonchev–Trinajstić information content (AvgIpc) is 3.06. The number of nitrogens with zero attached hydrogens (tertiary/aromatic N) is 2. The first kappa shape index (κ1) is 19.2. The molecule has 2 heterocycles. The average molecular weight is 386 g/mol. The smallest absolute Gasteiger partial charge is 0.344 e. The van der Waals surface area contributed by atoms with Crippen molar-refractivity contribution in [1.82, 2.24) is 9.88 Å². The van der Waals surface area contributed by atoms with Crippen molar-refractivity contribution < 1.29 is 19.1 Å². The van der Waals surface area contributed by atoms with Gasteiger partial charge in [-0.15, -0.1) is 11.8 Å². The number of aromatic nitrogens is 1. The molecule has 0 aliphatic carbocycles. The lowest BCUT2D eigenvalue weighted by Gasteiger charge is -2.25. The first-order chi connectivity index (χ1) is 13.2. The van der Waals surface area contributed by atoms with Gasteiger partial charge in [0.05, 0.1) is 12.4 Å². The highest BCUT2D eigenvalue weighted by molar-refractivity contribution is 8.00. The Labute approximate surface area is 162 Å². The molecule has 6 nitrogen and oxygen atoms in total. The minimum absolute atomic E-state index is 0.0983. The summed E-state index contributed by atoms with van der Waals surface area (Å²) in [6.45, 7) is 2.51. The van der Waals surface area contributed by atoms with E-state index >= 15 is 0 Å². The Morgan fingerprint density at radius 1 is 1.26 bits per heavy atom. The number of rotatable bonds is 8. The third-order valence-electron chi connectivity index (χ3n) is 4.14. The molecule has 0 spiro atoms. The van der Waals surface area contributed by atoms with Crippen LogP contribution in [0.15, 0.2) is 48.7 Å². The Bertz CT molecular complexity index is 785. The van der Waals surface area contributed by atoms with Crippen LogP contribution in [0.3, 0.4) is 0 Å². The number of carbonyl (C=O) groups is 2. The topological polar surface area (TPSA) is 68.7 Å². The molecule has 1 saturated heterocycles. The van der Waals surface area contributed by atoms with Gasteiger partial charge in [0.25, 0.3) is 0 Å². The fourth-order valence-corrected chi connectivity index (χ4v) is 4.13.